The van der Waals surface area contributed by atoms with E-state index in [0.717, 1.165) is 15.9 Å². The second kappa shape index (κ2) is 3.94. The molecule has 5 heteroatoms. The van der Waals surface area contributed by atoms with Crippen molar-refractivity contribution in [3.63, 3.8) is 0 Å². The molecule has 0 saturated heterocycles. The maximum absolute atomic E-state index is 5.59. The maximum Gasteiger partial charge on any atom is 0.135 e. The fourth-order valence-corrected chi connectivity index (χ4v) is 1.68. The molecule has 0 aliphatic heterocycles. The molecule has 2 N–H and O–H groups in total. The average Bonchev–Trinajstić information content (AvgIpc) is 2.66. The summed E-state index contributed by atoms with van der Waals surface area (Å²) in [5, 5.41) is 4.11. The minimum absolute atomic E-state index is 0.636. The normalized spacial score (nSPS) is 10.3. The van der Waals surface area contributed by atoms with Crippen LogP contribution in [0.3, 0.4) is 0 Å². The van der Waals surface area contributed by atoms with E-state index < -0.39 is 0 Å². The minimum atomic E-state index is 0.636. The summed E-state index contributed by atoms with van der Waals surface area (Å²) >= 11 is 3.39. The number of hydrogen-bond donors (Lipinski definition) is 1. The zero-order valence-electron chi connectivity index (χ0n) is 8.14. The van der Waals surface area contributed by atoms with Gasteiger partial charge < -0.3 is 10.5 Å². The van der Waals surface area contributed by atoms with Gasteiger partial charge in [0.1, 0.15) is 5.75 Å². The van der Waals surface area contributed by atoms with Crippen molar-refractivity contribution in [3.05, 3.63) is 35.1 Å². The van der Waals surface area contributed by atoms with Gasteiger partial charge in [-0.2, -0.15) is 5.10 Å². The van der Waals surface area contributed by atoms with Gasteiger partial charge in [-0.05, 0) is 28.1 Å². The first kappa shape index (κ1) is 10.0. The van der Waals surface area contributed by atoms with Crippen molar-refractivity contribution in [3.8, 4) is 11.4 Å². The Morgan fingerprint density at radius 3 is 2.87 bits per heavy atom. The molecule has 0 spiro atoms. The molecule has 1 heterocycles. The number of benzene rings is 1. The highest BCUT2D eigenvalue weighted by atomic mass is 79.9. The minimum Gasteiger partial charge on any atom is -0.495 e. The third-order valence-corrected chi connectivity index (χ3v) is 2.66. The molecule has 0 aliphatic carbocycles. The van der Waals surface area contributed by atoms with Crippen LogP contribution in [0.25, 0.3) is 5.69 Å². The van der Waals surface area contributed by atoms with E-state index >= 15 is 0 Å². The fourth-order valence-electron chi connectivity index (χ4n) is 1.27. The molecule has 0 saturated carbocycles. The van der Waals surface area contributed by atoms with Gasteiger partial charge in [0.05, 0.1) is 35.4 Å². The average molecular weight is 268 g/mol. The van der Waals surface area contributed by atoms with Crippen LogP contribution in [0.5, 0.6) is 5.75 Å². The predicted octanol–water partition coefficient (Wildman–Crippen LogP) is 2.23. The van der Waals surface area contributed by atoms with Crippen molar-refractivity contribution < 1.29 is 4.74 Å². The summed E-state index contributed by atoms with van der Waals surface area (Å²) < 4.78 is 7.80. The molecule has 0 amide bonds. The van der Waals surface area contributed by atoms with Crippen LogP contribution in [-0.4, -0.2) is 16.9 Å². The number of aromatic nitrogens is 2. The summed E-state index contributed by atoms with van der Waals surface area (Å²) in [5.41, 5.74) is 7.14. The molecule has 2 aromatic rings. The Hall–Kier alpha value is -1.49. The van der Waals surface area contributed by atoms with Crippen LogP contribution in [0.1, 0.15) is 0 Å². The standard InChI is InChI=1S/C10H10BrN3O/c1-15-10-4-8(2-3-9(10)11)14-6-7(12)5-13-14/h2-6H,12H2,1H3. The lowest BCUT2D eigenvalue weighted by Crippen LogP contribution is -1.95. The number of anilines is 1. The Morgan fingerprint density at radius 1 is 1.47 bits per heavy atom. The van der Waals surface area contributed by atoms with Crippen LogP contribution in [0.4, 0.5) is 5.69 Å². The highest BCUT2D eigenvalue weighted by molar-refractivity contribution is 9.10. The van der Waals surface area contributed by atoms with E-state index in [1.54, 1.807) is 24.2 Å². The molecule has 0 aliphatic rings. The van der Waals surface area contributed by atoms with Crippen molar-refractivity contribution in [2.45, 2.75) is 0 Å². The lowest BCUT2D eigenvalue weighted by molar-refractivity contribution is 0.412. The summed E-state index contributed by atoms with van der Waals surface area (Å²) in [6, 6.07) is 5.72. The van der Waals surface area contributed by atoms with Crippen molar-refractivity contribution >= 4 is 21.6 Å². The number of nitrogens with two attached hydrogens (primary N) is 1. The van der Waals surface area contributed by atoms with Gasteiger partial charge in [0.2, 0.25) is 0 Å². The van der Waals surface area contributed by atoms with E-state index in [0.29, 0.717) is 5.69 Å². The van der Waals surface area contributed by atoms with Crippen LogP contribution >= 0.6 is 15.9 Å². The molecule has 2 rings (SSSR count). The van der Waals surface area contributed by atoms with Crippen molar-refractivity contribution in [1.82, 2.24) is 9.78 Å². The van der Waals surface area contributed by atoms with Crippen LogP contribution in [-0.2, 0) is 0 Å². The number of methoxy groups -OCH3 is 1. The number of halogens is 1. The van der Waals surface area contributed by atoms with E-state index in [2.05, 4.69) is 21.0 Å². The maximum atomic E-state index is 5.59. The molecule has 1 aromatic heterocycles. The van der Waals surface area contributed by atoms with Crippen LogP contribution in [0.15, 0.2) is 35.1 Å². The number of nitrogens with zero attached hydrogens (tertiary/aromatic N) is 2. The number of ether oxygens (including phenoxy) is 1. The van der Waals surface area contributed by atoms with Gasteiger partial charge in [-0.1, -0.05) is 0 Å². The Bertz CT molecular complexity index is 481. The summed E-state index contributed by atoms with van der Waals surface area (Å²) in [4.78, 5) is 0. The molecule has 4 nitrogen and oxygen atoms in total. The first-order valence-corrected chi connectivity index (χ1v) is 5.14. The van der Waals surface area contributed by atoms with E-state index in [9.17, 15) is 0 Å². The van der Waals surface area contributed by atoms with Gasteiger partial charge in [-0.25, -0.2) is 4.68 Å². The summed E-state index contributed by atoms with van der Waals surface area (Å²) in [6.07, 6.45) is 3.36. The molecule has 0 radical (unpaired) electrons. The molecule has 0 fully saturated rings. The molecule has 1 aromatic carbocycles. The van der Waals surface area contributed by atoms with Crippen LogP contribution < -0.4 is 10.5 Å². The Balaban J connectivity index is 2.45. The SMILES string of the molecule is COc1cc(-n2cc(N)cn2)ccc1Br. The van der Waals surface area contributed by atoms with Gasteiger partial charge >= 0.3 is 0 Å². The summed E-state index contributed by atoms with van der Waals surface area (Å²) in [7, 11) is 1.63. The van der Waals surface area contributed by atoms with Gasteiger partial charge in [0.25, 0.3) is 0 Å². The lowest BCUT2D eigenvalue weighted by Gasteiger charge is -2.06. The Morgan fingerprint density at radius 2 is 2.27 bits per heavy atom. The quantitative estimate of drug-likeness (QED) is 0.908. The highest BCUT2D eigenvalue weighted by Gasteiger charge is 2.03. The molecule has 0 bridgehead atoms. The van der Waals surface area contributed by atoms with Gasteiger partial charge in [-0.3, -0.25) is 0 Å². The third-order valence-electron chi connectivity index (χ3n) is 2.00. The topological polar surface area (TPSA) is 53.1 Å². The van der Waals surface area contributed by atoms with Gasteiger partial charge in [-0.15, -0.1) is 0 Å². The van der Waals surface area contributed by atoms with Gasteiger partial charge in [0.15, 0.2) is 0 Å². The first-order valence-electron chi connectivity index (χ1n) is 4.35. The Labute approximate surface area is 95.8 Å². The lowest BCUT2D eigenvalue weighted by atomic mass is 10.3. The zero-order chi connectivity index (χ0) is 10.8. The van der Waals surface area contributed by atoms with Crippen LogP contribution in [0.2, 0.25) is 0 Å². The second-order valence-corrected chi connectivity index (χ2v) is 3.89. The molecule has 0 unspecified atom stereocenters. The number of nitrogen functional groups attached to an aromatic ring is 1. The van der Waals surface area contributed by atoms with Crippen molar-refractivity contribution in [2.24, 2.45) is 0 Å². The zero-order valence-corrected chi connectivity index (χ0v) is 9.73. The smallest absolute Gasteiger partial charge is 0.135 e. The van der Waals surface area contributed by atoms with E-state index in [4.69, 9.17) is 10.5 Å². The second-order valence-electron chi connectivity index (χ2n) is 3.04. The predicted molar refractivity (Wildman–Crippen MR) is 62.2 cm³/mol. The molecule has 15 heavy (non-hydrogen) atoms. The largest absolute Gasteiger partial charge is 0.495 e. The third kappa shape index (κ3) is 1.97. The molecular formula is C10H10BrN3O. The monoisotopic (exact) mass is 267 g/mol. The fraction of sp³-hybridized carbons (Fsp3) is 0.100. The van der Waals surface area contributed by atoms with Gasteiger partial charge in [0, 0.05) is 6.07 Å². The molecule has 78 valence electrons. The summed E-state index contributed by atoms with van der Waals surface area (Å²) in [5.74, 6) is 0.765. The number of hydrogen-bond acceptors (Lipinski definition) is 3. The van der Waals surface area contributed by atoms with E-state index in [1.807, 2.05) is 18.2 Å². The summed E-state index contributed by atoms with van der Waals surface area (Å²) in [6.45, 7) is 0. The van der Waals surface area contributed by atoms with E-state index in [1.165, 1.54) is 0 Å². The van der Waals surface area contributed by atoms with Crippen molar-refractivity contribution in [2.75, 3.05) is 12.8 Å². The van der Waals surface area contributed by atoms with Crippen LogP contribution in [0, 0.1) is 0 Å². The van der Waals surface area contributed by atoms with E-state index in [-0.39, 0.29) is 0 Å². The molecule has 0 atom stereocenters. The highest BCUT2D eigenvalue weighted by Crippen LogP contribution is 2.27. The number of rotatable bonds is 2. The van der Waals surface area contributed by atoms with Crippen molar-refractivity contribution in [1.29, 1.82) is 0 Å². The first-order chi connectivity index (χ1) is 7.20. The Kier molecular flexibility index (Phi) is 2.64. The molecular weight excluding hydrogens is 258 g/mol.